The fraction of sp³-hybridized carbons (Fsp3) is 0.571. The summed E-state index contributed by atoms with van der Waals surface area (Å²) in [6, 6.07) is 0. The van der Waals surface area contributed by atoms with Gasteiger partial charge in [-0.3, -0.25) is 4.52 Å². The predicted molar refractivity (Wildman–Crippen MR) is 52.1 cm³/mol. The van der Waals surface area contributed by atoms with Crippen LogP contribution in [0.15, 0.2) is 12.2 Å². The molecule has 0 aliphatic heterocycles. The van der Waals surface area contributed by atoms with Crippen molar-refractivity contribution in [3.63, 3.8) is 0 Å². The Morgan fingerprint density at radius 2 is 1.87 bits per heavy atom. The summed E-state index contributed by atoms with van der Waals surface area (Å²) in [5, 5.41) is 16.0. The molecule has 0 aromatic rings. The zero-order valence-electron chi connectivity index (χ0n) is 8.29. The Morgan fingerprint density at radius 3 is 2.07 bits per heavy atom. The highest BCUT2D eigenvalue weighted by atomic mass is 31.2. The molecule has 0 aliphatic rings. The smallest absolute Gasteiger partial charge is 0.469 e. The summed E-state index contributed by atoms with van der Waals surface area (Å²) in [6.07, 6.45) is 0.241. The largest absolute Gasteiger partial charge is 0.478 e. The van der Waals surface area contributed by atoms with Gasteiger partial charge >= 0.3 is 13.8 Å². The molecule has 0 radical (unpaired) electrons. The number of rotatable bonds is 5. The van der Waals surface area contributed by atoms with E-state index in [4.69, 9.17) is 20.0 Å². The van der Waals surface area contributed by atoms with Crippen LogP contribution in [0.5, 0.6) is 0 Å². The van der Waals surface area contributed by atoms with Crippen molar-refractivity contribution in [2.75, 3.05) is 13.2 Å². The Labute approximate surface area is 87.2 Å². The lowest BCUT2D eigenvalue weighted by Gasteiger charge is -2.01. The quantitative estimate of drug-likeness (QED) is 0.306. The molecule has 4 N–H and O–H groups in total. The molecule has 0 aromatic carbocycles. The molecule has 0 amide bonds. The Hall–Kier alpha value is -0.720. The van der Waals surface area contributed by atoms with E-state index >= 15 is 0 Å². The van der Waals surface area contributed by atoms with Crippen LogP contribution in [0, 0.1) is 0 Å². The Balaban J connectivity index is 0. The minimum Gasteiger partial charge on any atom is -0.478 e. The topological polar surface area (TPSA) is 124 Å². The third kappa shape index (κ3) is 19.6. The van der Waals surface area contributed by atoms with Gasteiger partial charge in [0.05, 0.1) is 6.61 Å². The van der Waals surface area contributed by atoms with Crippen LogP contribution in [0.4, 0.5) is 0 Å². The minimum absolute atomic E-state index is 0.110. The Morgan fingerprint density at radius 1 is 1.47 bits per heavy atom. The van der Waals surface area contributed by atoms with Crippen molar-refractivity contribution in [1.29, 1.82) is 0 Å². The standard InChI is InChI=1S/C4H6O2.C3H9O5P/c1-3(2)4(5)6;4-2-1-3-8-9(5,6)7/h1H2,2H3,(H,5,6);4H,1-3H2,(H2,5,6,7). The van der Waals surface area contributed by atoms with Crippen LogP contribution in [0.25, 0.3) is 0 Å². The molecule has 7 nitrogen and oxygen atoms in total. The molecule has 0 unspecified atom stereocenters. The molecule has 90 valence electrons. The molecule has 8 heteroatoms. The van der Waals surface area contributed by atoms with E-state index in [-0.39, 0.29) is 25.2 Å². The molecule has 0 aromatic heterocycles. The highest BCUT2D eigenvalue weighted by molar-refractivity contribution is 7.46. The lowest BCUT2D eigenvalue weighted by Crippen LogP contribution is -1.94. The molecular weight excluding hydrogens is 227 g/mol. The van der Waals surface area contributed by atoms with E-state index in [1.807, 2.05) is 0 Å². The Kier molecular flexibility index (Phi) is 9.55. The second-order valence-electron chi connectivity index (χ2n) is 2.49. The zero-order valence-corrected chi connectivity index (χ0v) is 9.18. The lowest BCUT2D eigenvalue weighted by molar-refractivity contribution is -0.132. The molecule has 0 bridgehead atoms. The third-order valence-electron chi connectivity index (χ3n) is 0.927. The summed E-state index contributed by atoms with van der Waals surface area (Å²) < 4.78 is 13.9. The summed E-state index contributed by atoms with van der Waals surface area (Å²) in [4.78, 5) is 25.7. The molecule has 0 saturated heterocycles. The van der Waals surface area contributed by atoms with Gasteiger partial charge < -0.3 is 20.0 Å². The van der Waals surface area contributed by atoms with Gasteiger partial charge in [-0.1, -0.05) is 6.58 Å². The van der Waals surface area contributed by atoms with Crippen LogP contribution in [-0.2, 0) is 13.9 Å². The molecule has 0 heterocycles. The van der Waals surface area contributed by atoms with Crippen LogP contribution in [0.2, 0.25) is 0 Å². The van der Waals surface area contributed by atoms with Gasteiger partial charge in [-0.2, -0.15) is 0 Å². The van der Waals surface area contributed by atoms with Gasteiger partial charge in [-0.15, -0.1) is 0 Å². The minimum atomic E-state index is -4.31. The number of carbonyl (C=O) groups is 1. The molecule has 0 fully saturated rings. The normalized spacial score (nSPS) is 10.1. The molecule has 0 saturated carbocycles. The van der Waals surface area contributed by atoms with E-state index < -0.39 is 13.8 Å². The number of aliphatic hydroxyl groups is 1. The van der Waals surface area contributed by atoms with Crippen molar-refractivity contribution in [1.82, 2.24) is 0 Å². The van der Waals surface area contributed by atoms with E-state index in [0.29, 0.717) is 0 Å². The van der Waals surface area contributed by atoms with Gasteiger partial charge in [0.2, 0.25) is 0 Å². The lowest BCUT2D eigenvalue weighted by atomic mass is 10.4. The van der Waals surface area contributed by atoms with Gasteiger partial charge in [0.1, 0.15) is 0 Å². The average Bonchev–Trinajstić information content (AvgIpc) is 2.03. The van der Waals surface area contributed by atoms with Gasteiger partial charge in [0, 0.05) is 12.2 Å². The fourth-order valence-electron chi connectivity index (χ4n) is 0.248. The molecule has 0 rings (SSSR count). The fourth-order valence-corrected chi connectivity index (χ4v) is 0.615. The molecular formula is C7H15O7P. The van der Waals surface area contributed by atoms with E-state index in [2.05, 4.69) is 11.1 Å². The third-order valence-corrected chi connectivity index (χ3v) is 1.45. The van der Waals surface area contributed by atoms with Crippen molar-refractivity contribution in [2.45, 2.75) is 13.3 Å². The molecule has 15 heavy (non-hydrogen) atoms. The maximum atomic E-state index is 9.90. The van der Waals surface area contributed by atoms with Crippen molar-refractivity contribution in [3.05, 3.63) is 12.2 Å². The number of aliphatic carboxylic acids is 1. The van der Waals surface area contributed by atoms with Gasteiger partial charge in [-0.25, -0.2) is 9.36 Å². The first-order valence-electron chi connectivity index (χ1n) is 3.90. The molecule has 0 atom stereocenters. The average molecular weight is 242 g/mol. The van der Waals surface area contributed by atoms with Crippen LogP contribution in [-0.4, -0.2) is 39.2 Å². The van der Waals surface area contributed by atoms with Crippen LogP contribution in [0.3, 0.4) is 0 Å². The summed E-state index contributed by atoms with van der Waals surface area (Å²) in [5.41, 5.74) is 0.176. The number of hydrogen-bond donors (Lipinski definition) is 4. The van der Waals surface area contributed by atoms with Crippen molar-refractivity contribution >= 4 is 13.8 Å². The summed E-state index contributed by atoms with van der Waals surface area (Å²) >= 11 is 0. The second kappa shape index (κ2) is 8.58. The summed E-state index contributed by atoms with van der Waals surface area (Å²) in [7, 11) is -4.31. The first kappa shape index (κ1) is 16.7. The number of phosphoric acid groups is 1. The maximum absolute atomic E-state index is 9.90. The number of hydrogen-bond acceptors (Lipinski definition) is 4. The Bertz CT molecular complexity index is 232. The maximum Gasteiger partial charge on any atom is 0.469 e. The number of carboxylic acids is 1. The summed E-state index contributed by atoms with van der Waals surface area (Å²) in [6.45, 7) is 4.37. The van der Waals surface area contributed by atoms with Gasteiger partial charge in [-0.05, 0) is 13.3 Å². The first-order valence-corrected chi connectivity index (χ1v) is 5.43. The monoisotopic (exact) mass is 242 g/mol. The first-order chi connectivity index (χ1) is 6.70. The van der Waals surface area contributed by atoms with Crippen LogP contribution in [0.1, 0.15) is 13.3 Å². The van der Waals surface area contributed by atoms with Crippen LogP contribution >= 0.6 is 7.82 Å². The SMILES string of the molecule is C=C(C)C(=O)O.O=P(O)(O)OCCCO. The number of phosphoric ester groups is 1. The van der Waals surface area contributed by atoms with Crippen molar-refractivity contribution in [3.8, 4) is 0 Å². The van der Waals surface area contributed by atoms with E-state index in [0.717, 1.165) is 0 Å². The zero-order chi connectivity index (χ0) is 12.5. The highest BCUT2D eigenvalue weighted by Crippen LogP contribution is 2.35. The van der Waals surface area contributed by atoms with Crippen molar-refractivity contribution < 1.29 is 33.9 Å². The van der Waals surface area contributed by atoms with E-state index in [1.165, 1.54) is 6.92 Å². The van der Waals surface area contributed by atoms with Gasteiger partial charge in [0.25, 0.3) is 0 Å². The predicted octanol–water partition coefficient (Wildman–Crippen LogP) is 0.125. The highest BCUT2D eigenvalue weighted by Gasteiger charge is 2.11. The van der Waals surface area contributed by atoms with E-state index in [1.54, 1.807) is 0 Å². The van der Waals surface area contributed by atoms with Crippen molar-refractivity contribution in [2.24, 2.45) is 0 Å². The number of carboxylic acid groups (broad SMARTS) is 1. The molecule has 0 spiro atoms. The van der Waals surface area contributed by atoms with Gasteiger partial charge in [0.15, 0.2) is 0 Å². The second-order valence-corrected chi connectivity index (χ2v) is 3.73. The summed E-state index contributed by atoms with van der Waals surface area (Å²) in [5.74, 6) is -0.935. The molecule has 0 aliphatic carbocycles. The van der Waals surface area contributed by atoms with E-state index in [9.17, 15) is 9.36 Å². The van der Waals surface area contributed by atoms with Crippen LogP contribution < -0.4 is 0 Å². The number of aliphatic hydroxyl groups excluding tert-OH is 1.